The predicted molar refractivity (Wildman–Crippen MR) is 109 cm³/mol. The van der Waals surface area contributed by atoms with Gasteiger partial charge in [0.15, 0.2) is 11.5 Å². The van der Waals surface area contributed by atoms with Crippen LogP contribution in [0, 0.1) is 5.92 Å². The molecule has 0 spiro atoms. The van der Waals surface area contributed by atoms with E-state index in [1.54, 1.807) is 0 Å². The number of anilines is 1. The molecule has 1 atom stereocenters. The first-order chi connectivity index (χ1) is 15.1. The molecule has 1 aliphatic heterocycles. The molecule has 0 aliphatic carbocycles. The van der Waals surface area contributed by atoms with E-state index in [0.29, 0.717) is 12.4 Å². The van der Waals surface area contributed by atoms with E-state index in [-0.39, 0.29) is 36.6 Å². The summed E-state index contributed by atoms with van der Waals surface area (Å²) in [6, 6.07) is 4.02. The summed E-state index contributed by atoms with van der Waals surface area (Å²) in [7, 11) is 0. The van der Waals surface area contributed by atoms with Crippen LogP contribution in [0.15, 0.2) is 36.7 Å². The molecule has 0 saturated carbocycles. The number of urea groups is 1. The van der Waals surface area contributed by atoms with E-state index in [1.165, 1.54) is 34.3 Å². The summed E-state index contributed by atoms with van der Waals surface area (Å²) in [4.78, 5) is 37.0. The van der Waals surface area contributed by atoms with E-state index in [2.05, 4.69) is 14.7 Å². The predicted octanol–water partition coefficient (Wildman–Crippen LogP) is 3.92. The summed E-state index contributed by atoms with van der Waals surface area (Å²) in [6.45, 7) is 6.07. The zero-order valence-electron chi connectivity index (χ0n) is 17.8. The normalized spacial score (nSPS) is 16.6. The second-order valence-corrected chi connectivity index (χ2v) is 7.48. The first kappa shape index (κ1) is 23.3. The number of ketones is 1. The van der Waals surface area contributed by atoms with Gasteiger partial charge in [-0.25, -0.2) is 14.8 Å². The Balaban J connectivity index is 1.78. The van der Waals surface area contributed by atoms with E-state index < -0.39 is 23.9 Å². The van der Waals surface area contributed by atoms with Gasteiger partial charge in [0.1, 0.15) is 5.75 Å². The molecule has 1 aromatic carbocycles. The Labute approximate surface area is 183 Å². The molecule has 1 aromatic heterocycles. The number of ether oxygens (including phenoxy) is 2. The minimum Gasteiger partial charge on any atom is -0.491 e. The number of hydrogen-bond acceptors (Lipinski definition) is 6. The van der Waals surface area contributed by atoms with Crippen LogP contribution in [0.2, 0.25) is 0 Å². The molecular formula is C21H23F3N4O4. The van der Waals surface area contributed by atoms with Gasteiger partial charge in [0.25, 0.3) is 0 Å². The number of halogens is 3. The third kappa shape index (κ3) is 5.45. The third-order valence-corrected chi connectivity index (χ3v) is 4.89. The third-order valence-electron chi connectivity index (χ3n) is 4.89. The number of alkyl halides is 3. The standard InChI is InChI=1S/C21H23F3N4O4/c1-4-31-16-9-25-19(26-10-16)28-11-17(13(2)3)27(20(28)30)12-18(29)14-6-5-7-15(8-14)32-21(22,23)24/h5-10,13,17H,4,11-12H2,1-3H3/t17-/m1/s1. The molecule has 3 rings (SSSR count). The summed E-state index contributed by atoms with van der Waals surface area (Å²) in [5.41, 5.74) is 0.0119. The van der Waals surface area contributed by atoms with Gasteiger partial charge >= 0.3 is 12.4 Å². The van der Waals surface area contributed by atoms with Crippen LogP contribution in [0.4, 0.5) is 23.9 Å². The number of benzene rings is 1. The fourth-order valence-electron chi connectivity index (χ4n) is 3.39. The van der Waals surface area contributed by atoms with E-state index in [1.807, 2.05) is 20.8 Å². The van der Waals surface area contributed by atoms with Crippen molar-refractivity contribution >= 4 is 17.8 Å². The molecule has 2 aromatic rings. The van der Waals surface area contributed by atoms with Gasteiger partial charge in [0, 0.05) is 5.56 Å². The molecule has 1 saturated heterocycles. The molecule has 0 radical (unpaired) electrons. The minimum atomic E-state index is -4.87. The summed E-state index contributed by atoms with van der Waals surface area (Å²) >= 11 is 0. The molecule has 1 aliphatic rings. The molecule has 0 unspecified atom stereocenters. The van der Waals surface area contributed by atoms with Crippen LogP contribution in [0.1, 0.15) is 31.1 Å². The lowest BCUT2D eigenvalue weighted by Gasteiger charge is -2.25. The molecule has 2 heterocycles. The van der Waals surface area contributed by atoms with Crippen LogP contribution in [0.5, 0.6) is 11.5 Å². The Morgan fingerprint density at radius 2 is 1.91 bits per heavy atom. The van der Waals surface area contributed by atoms with Crippen LogP contribution >= 0.6 is 0 Å². The maximum absolute atomic E-state index is 13.1. The van der Waals surface area contributed by atoms with Gasteiger partial charge < -0.3 is 14.4 Å². The van der Waals surface area contributed by atoms with Crippen LogP contribution in [0.3, 0.4) is 0 Å². The van der Waals surface area contributed by atoms with Crippen LogP contribution in [-0.2, 0) is 0 Å². The van der Waals surface area contributed by atoms with Crippen LogP contribution < -0.4 is 14.4 Å². The summed E-state index contributed by atoms with van der Waals surface area (Å²) in [5.74, 6) is -0.345. The second-order valence-electron chi connectivity index (χ2n) is 7.48. The van der Waals surface area contributed by atoms with E-state index >= 15 is 0 Å². The number of nitrogens with zero attached hydrogens (tertiary/aromatic N) is 4. The number of amides is 2. The van der Waals surface area contributed by atoms with Crippen molar-refractivity contribution in [1.82, 2.24) is 14.9 Å². The Kier molecular flexibility index (Phi) is 6.85. The number of aromatic nitrogens is 2. The number of Topliss-reactive ketones (excluding diaryl/α,β-unsaturated/α-hetero) is 1. The molecule has 0 N–H and O–H groups in total. The maximum atomic E-state index is 13.1. The summed E-state index contributed by atoms with van der Waals surface area (Å²) in [6.07, 6.45) is -1.94. The van der Waals surface area contributed by atoms with Crippen molar-refractivity contribution in [3.05, 3.63) is 42.2 Å². The van der Waals surface area contributed by atoms with Gasteiger partial charge in [0.2, 0.25) is 5.95 Å². The van der Waals surface area contributed by atoms with Gasteiger partial charge in [-0.15, -0.1) is 13.2 Å². The number of carbonyl (C=O) groups excluding carboxylic acids is 2. The van der Waals surface area contributed by atoms with Crippen molar-refractivity contribution in [3.8, 4) is 11.5 Å². The largest absolute Gasteiger partial charge is 0.573 e. The van der Waals surface area contributed by atoms with Crippen LogP contribution in [-0.4, -0.2) is 58.8 Å². The van der Waals surface area contributed by atoms with Gasteiger partial charge in [-0.3, -0.25) is 9.69 Å². The molecule has 2 amide bonds. The fraction of sp³-hybridized carbons (Fsp3) is 0.429. The molecular weight excluding hydrogens is 429 g/mol. The average Bonchev–Trinajstić information content (AvgIpc) is 3.04. The lowest BCUT2D eigenvalue weighted by Crippen LogP contribution is -2.41. The highest BCUT2D eigenvalue weighted by molar-refractivity contribution is 6.02. The lowest BCUT2D eigenvalue weighted by atomic mass is 10.0. The molecule has 0 bridgehead atoms. The molecule has 8 nitrogen and oxygen atoms in total. The zero-order valence-corrected chi connectivity index (χ0v) is 17.8. The van der Waals surface area contributed by atoms with Crippen molar-refractivity contribution in [2.45, 2.75) is 33.2 Å². The van der Waals surface area contributed by atoms with Gasteiger partial charge in [-0.05, 0) is 25.0 Å². The average molecular weight is 452 g/mol. The van der Waals surface area contributed by atoms with Crippen molar-refractivity contribution in [1.29, 1.82) is 0 Å². The van der Waals surface area contributed by atoms with Crippen LogP contribution in [0.25, 0.3) is 0 Å². The van der Waals surface area contributed by atoms with Crippen molar-refractivity contribution in [2.24, 2.45) is 5.92 Å². The number of hydrogen-bond donors (Lipinski definition) is 0. The zero-order chi connectivity index (χ0) is 23.5. The maximum Gasteiger partial charge on any atom is 0.573 e. The van der Waals surface area contributed by atoms with E-state index in [9.17, 15) is 22.8 Å². The first-order valence-electron chi connectivity index (χ1n) is 10.0. The topological polar surface area (TPSA) is 84.9 Å². The minimum absolute atomic E-state index is 0.0119. The Morgan fingerprint density at radius 3 is 2.50 bits per heavy atom. The van der Waals surface area contributed by atoms with Crippen molar-refractivity contribution in [3.63, 3.8) is 0 Å². The lowest BCUT2D eigenvalue weighted by molar-refractivity contribution is -0.274. The van der Waals surface area contributed by atoms with Crippen molar-refractivity contribution < 1.29 is 32.2 Å². The first-order valence-corrected chi connectivity index (χ1v) is 10.0. The fourth-order valence-corrected chi connectivity index (χ4v) is 3.39. The summed E-state index contributed by atoms with van der Waals surface area (Å²) in [5, 5.41) is 0. The summed E-state index contributed by atoms with van der Waals surface area (Å²) < 4.78 is 46.6. The SMILES string of the molecule is CCOc1cnc(N2C[C@H](C(C)C)N(CC(=O)c3cccc(OC(F)(F)F)c3)C2=O)nc1. The smallest absolute Gasteiger partial charge is 0.491 e. The monoisotopic (exact) mass is 452 g/mol. The van der Waals surface area contributed by atoms with Crippen molar-refractivity contribution in [2.75, 3.05) is 24.6 Å². The highest BCUT2D eigenvalue weighted by Gasteiger charge is 2.41. The van der Waals surface area contributed by atoms with E-state index in [0.717, 1.165) is 12.1 Å². The molecule has 172 valence electrons. The van der Waals surface area contributed by atoms with Gasteiger partial charge in [-0.1, -0.05) is 26.0 Å². The Bertz CT molecular complexity index is 966. The molecule has 11 heteroatoms. The quantitative estimate of drug-likeness (QED) is 0.565. The van der Waals surface area contributed by atoms with Gasteiger partial charge in [-0.2, -0.15) is 0 Å². The Hall–Kier alpha value is -3.37. The highest BCUT2D eigenvalue weighted by atomic mass is 19.4. The van der Waals surface area contributed by atoms with E-state index in [4.69, 9.17) is 4.74 Å². The number of rotatable bonds is 8. The second kappa shape index (κ2) is 9.41. The highest BCUT2D eigenvalue weighted by Crippen LogP contribution is 2.27. The molecule has 1 fully saturated rings. The molecule has 32 heavy (non-hydrogen) atoms. The number of carbonyl (C=O) groups is 2. The Morgan fingerprint density at radius 1 is 1.22 bits per heavy atom. The van der Waals surface area contributed by atoms with Gasteiger partial charge in [0.05, 0.1) is 38.1 Å².